The number of allylic oxidation sites excluding steroid dienone is 4. The summed E-state index contributed by atoms with van der Waals surface area (Å²) in [6.07, 6.45) is 2.94. The van der Waals surface area contributed by atoms with E-state index in [9.17, 15) is 14.7 Å². The van der Waals surface area contributed by atoms with E-state index in [0.717, 1.165) is 12.2 Å². The van der Waals surface area contributed by atoms with Crippen LogP contribution in [0, 0.1) is 40.4 Å². The average Bonchev–Trinajstić information content (AvgIpc) is 2.98. The first-order valence-electron chi connectivity index (χ1n) is 13.5. The van der Waals surface area contributed by atoms with Crippen LogP contribution in [-0.4, -0.2) is 54.6 Å². The van der Waals surface area contributed by atoms with E-state index in [4.69, 9.17) is 9.53 Å². The van der Waals surface area contributed by atoms with Gasteiger partial charge in [0.25, 0.3) is 0 Å². The number of aldehydes is 1. The molecule has 0 aromatic rings. The van der Waals surface area contributed by atoms with Crippen molar-refractivity contribution in [3.05, 3.63) is 23.8 Å². The number of aliphatic hydroxyl groups is 1. The van der Waals surface area contributed by atoms with E-state index < -0.39 is 34.7 Å². The number of rotatable bonds is 3. The van der Waals surface area contributed by atoms with Gasteiger partial charge in [-0.05, 0) is 73.5 Å². The molecule has 0 amide bonds. The summed E-state index contributed by atoms with van der Waals surface area (Å²) < 4.78 is 37.3. The average molecular weight is 525 g/mol. The number of alkyl halides is 2. The lowest BCUT2D eigenvalue weighted by molar-refractivity contribution is -0.165. The molecule has 0 aliphatic heterocycles. The van der Waals surface area contributed by atoms with Crippen molar-refractivity contribution in [2.24, 2.45) is 40.4 Å². The molecule has 0 heterocycles. The van der Waals surface area contributed by atoms with Crippen LogP contribution < -0.4 is 0 Å². The van der Waals surface area contributed by atoms with E-state index >= 15 is 8.78 Å². The Balaban J connectivity index is 0.000000616. The molecule has 0 bridgehead atoms. The third kappa shape index (κ3) is 6.13. The highest BCUT2D eigenvalue weighted by Gasteiger charge is 2.68. The van der Waals surface area contributed by atoms with Gasteiger partial charge in [0.15, 0.2) is 11.6 Å². The maximum Gasteiger partial charge on any atom is 0.178 e. The summed E-state index contributed by atoms with van der Waals surface area (Å²) in [5, 5.41) is 11.1. The van der Waals surface area contributed by atoms with E-state index in [1.807, 2.05) is 13.8 Å². The van der Waals surface area contributed by atoms with Crippen LogP contribution in [0.15, 0.2) is 23.8 Å². The molecule has 4 rings (SSSR count). The zero-order valence-electron chi connectivity index (χ0n) is 23.7. The Hall–Kier alpha value is -1.73. The number of halogens is 2. The number of hydrogen-bond acceptors (Lipinski definition) is 5. The van der Waals surface area contributed by atoms with Crippen LogP contribution >= 0.6 is 0 Å². The lowest BCUT2D eigenvalue weighted by atomic mass is 9.53. The normalized spacial score (nSPS) is 42.1. The predicted octanol–water partition coefficient (Wildman–Crippen LogP) is 5.64. The molecule has 3 unspecified atom stereocenters. The smallest absolute Gasteiger partial charge is 0.178 e. The Labute approximate surface area is 221 Å². The largest absolute Gasteiger partial charge is 0.390 e. The number of carbonyl (C=O) groups excluding carboxylic acids is 3. The van der Waals surface area contributed by atoms with Crippen molar-refractivity contribution >= 4 is 17.9 Å². The van der Waals surface area contributed by atoms with E-state index in [2.05, 4.69) is 20.8 Å². The lowest BCUT2D eigenvalue weighted by Crippen LogP contribution is -2.59. The highest BCUT2D eigenvalue weighted by atomic mass is 19.1. The fourth-order valence-corrected chi connectivity index (χ4v) is 7.53. The molecule has 0 radical (unpaired) electrons. The van der Waals surface area contributed by atoms with Crippen molar-refractivity contribution in [3.8, 4) is 0 Å². The minimum atomic E-state index is -1.97. The Morgan fingerprint density at radius 3 is 2.35 bits per heavy atom. The molecular weight excluding hydrogens is 478 g/mol. The summed E-state index contributed by atoms with van der Waals surface area (Å²) in [5.41, 5.74) is -3.21. The van der Waals surface area contributed by atoms with Gasteiger partial charge < -0.3 is 14.6 Å². The second kappa shape index (κ2) is 12.0. The van der Waals surface area contributed by atoms with Gasteiger partial charge in [0.2, 0.25) is 0 Å². The summed E-state index contributed by atoms with van der Waals surface area (Å²) in [7, 11) is 1.48. The second-order valence-electron chi connectivity index (χ2n) is 12.6. The van der Waals surface area contributed by atoms with Crippen molar-refractivity contribution in [1.29, 1.82) is 0 Å². The number of ketones is 2. The van der Waals surface area contributed by atoms with Gasteiger partial charge in [0.05, 0.1) is 6.10 Å². The fraction of sp³-hybridized carbons (Fsp3) is 0.767. The molecule has 0 aromatic carbocycles. The Morgan fingerprint density at radius 1 is 1.24 bits per heavy atom. The van der Waals surface area contributed by atoms with Gasteiger partial charge in [0.1, 0.15) is 24.7 Å². The molecule has 7 heteroatoms. The Kier molecular flexibility index (Phi) is 10.2. The highest BCUT2D eigenvalue weighted by molar-refractivity contribution is 6.01. The van der Waals surface area contributed by atoms with Gasteiger partial charge >= 0.3 is 0 Å². The summed E-state index contributed by atoms with van der Waals surface area (Å²) in [4.78, 5) is 33.6. The third-order valence-corrected chi connectivity index (χ3v) is 8.68. The van der Waals surface area contributed by atoms with Crippen molar-refractivity contribution in [2.45, 2.75) is 92.1 Å². The zero-order chi connectivity index (χ0) is 28.3. The molecule has 1 N–H and O–H groups in total. The number of fused-ring (bicyclic) bond motifs is 4. The fourth-order valence-electron chi connectivity index (χ4n) is 7.53. The van der Waals surface area contributed by atoms with E-state index in [1.165, 1.54) is 26.2 Å². The maximum atomic E-state index is 16.7. The van der Waals surface area contributed by atoms with Gasteiger partial charge in [-0.15, -0.1) is 0 Å². The molecule has 3 saturated carbocycles. The molecule has 0 spiro atoms. The van der Waals surface area contributed by atoms with Gasteiger partial charge in [-0.1, -0.05) is 47.6 Å². The third-order valence-electron chi connectivity index (χ3n) is 8.68. The summed E-state index contributed by atoms with van der Waals surface area (Å²) in [5.74, 6) is -0.743. The molecule has 0 saturated heterocycles. The van der Waals surface area contributed by atoms with Gasteiger partial charge in [-0.25, -0.2) is 8.78 Å². The van der Waals surface area contributed by atoms with E-state index in [-0.39, 0.29) is 55.2 Å². The van der Waals surface area contributed by atoms with Crippen molar-refractivity contribution in [2.75, 3.05) is 13.7 Å². The first kappa shape index (κ1) is 31.5. The molecule has 3 fully saturated rings. The van der Waals surface area contributed by atoms with Crippen molar-refractivity contribution in [3.63, 3.8) is 0 Å². The number of Topliss-reactive ketones (excluding diaryl/α,β-unsaturated/α-hetero) is 1. The summed E-state index contributed by atoms with van der Waals surface area (Å²) >= 11 is 0. The number of ether oxygens (including phenoxy) is 1. The highest BCUT2D eigenvalue weighted by Crippen LogP contribution is 2.67. The number of aliphatic hydroxyl groups excluding tert-OH is 1. The monoisotopic (exact) mass is 524 g/mol. The zero-order valence-corrected chi connectivity index (χ0v) is 23.7. The Bertz CT molecular complexity index is 911. The van der Waals surface area contributed by atoms with Crippen LogP contribution in [0.4, 0.5) is 8.78 Å². The summed E-state index contributed by atoms with van der Waals surface area (Å²) in [6.45, 7) is 13.6. The van der Waals surface area contributed by atoms with Gasteiger partial charge in [-0.3, -0.25) is 9.59 Å². The standard InChI is InChI=1S/C24H32F2O4.C4H10.C2H4O/c1-13-7-15-16-9-18(25)17-8-14(27)5-6-22(17,2)12-24(16,26)20(29)10-23(15,3)21(13)19(28)11-30-4;1-4(2)3;1-2-3/h5-6,8,13,15-16,18,20-21,29H,7,9-12H2,1-4H3;4H,1-3H3;2H,1H3/t13-,15?,16+,18+,20+,21?,22-,23?,24+;;/m1../s1. The van der Waals surface area contributed by atoms with Crippen LogP contribution in [0.5, 0.6) is 0 Å². The van der Waals surface area contributed by atoms with Crippen LogP contribution in [0.1, 0.15) is 74.1 Å². The Morgan fingerprint density at radius 2 is 1.81 bits per heavy atom. The molecule has 9 atom stereocenters. The van der Waals surface area contributed by atoms with Crippen LogP contribution in [0.3, 0.4) is 0 Å². The molecule has 4 aliphatic rings. The van der Waals surface area contributed by atoms with Gasteiger partial charge in [-0.2, -0.15) is 0 Å². The predicted molar refractivity (Wildman–Crippen MR) is 140 cm³/mol. The van der Waals surface area contributed by atoms with Crippen LogP contribution in [-0.2, 0) is 19.1 Å². The maximum absolute atomic E-state index is 16.7. The lowest BCUT2D eigenvalue weighted by Gasteiger charge is -2.54. The number of methoxy groups -OCH3 is 1. The summed E-state index contributed by atoms with van der Waals surface area (Å²) in [6, 6.07) is 0. The van der Waals surface area contributed by atoms with Crippen molar-refractivity contribution in [1.82, 2.24) is 0 Å². The number of hydrogen-bond donors (Lipinski definition) is 1. The first-order valence-corrected chi connectivity index (χ1v) is 13.5. The van der Waals surface area contributed by atoms with Gasteiger partial charge in [0, 0.05) is 24.4 Å². The molecular formula is C30H46F2O5. The van der Waals surface area contributed by atoms with Crippen LogP contribution in [0.2, 0.25) is 0 Å². The van der Waals surface area contributed by atoms with E-state index in [1.54, 1.807) is 13.0 Å². The minimum absolute atomic E-state index is 0.0112. The molecule has 5 nitrogen and oxygen atoms in total. The SMILES string of the molecule is CC(C)C.CC=O.COCC(=O)C1[C@H](C)CC2[C@@H]3C[C@H](F)C4=CC(=O)C=C[C@]4(C)C[C@@]3(F)[C@@H](O)CC12C. The molecule has 37 heavy (non-hydrogen) atoms. The topological polar surface area (TPSA) is 80.7 Å². The number of carbonyl (C=O) groups is 3. The van der Waals surface area contributed by atoms with Crippen molar-refractivity contribution < 1.29 is 33.0 Å². The quantitative estimate of drug-likeness (QED) is 0.483. The molecule has 210 valence electrons. The molecule has 0 aromatic heterocycles. The molecule has 4 aliphatic carbocycles. The first-order chi connectivity index (χ1) is 17.1. The second-order valence-corrected chi connectivity index (χ2v) is 12.6. The van der Waals surface area contributed by atoms with E-state index in [0.29, 0.717) is 12.0 Å². The van der Waals surface area contributed by atoms with Crippen LogP contribution in [0.25, 0.3) is 0 Å². The minimum Gasteiger partial charge on any atom is -0.390 e.